The molecule has 0 heteroatoms. The zero-order chi connectivity index (χ0) is 41.0. The predicted octanol–water partition coefficient (Wildman–Crippen LogP) is 20.8. The van der Waals surface area contributed by atoms with Gasteiger partial charge >= 0.3 is 0 Å². The first-order valence-corrected chi connectivity index (χ1v) is 26.2. The molecular weight excluding hydrogens is 697 g/mol. The van der Waals surface area contributed by atoms with Crippen LogP contribution < -0.4 is 0 Å². The van der Waals surface area contributed by atoms with Gasteiger partial charge in [-0.15, -0.1) is 0 Å². The fraction of sp³-hybridized carbons (Fsp3) is 0.724. The van der Waals surface area contributed by atoms with Crippen LogP contribution >= 0.6 is 0 Å². The number of hydrogen-bond donors (Lipinski definition) is 0. The first-order valence-electron chi connectivity index (χ1n) is 26.2. The highest BCUT2D eigenvalue weighted by Gasteiger charge is 1.96. The van der Waals surface area contributed by atoms with Gasteiger partial charge in [-0.2, -0.15) is 0 Å². The summed E-state index contributed by atoms with van der Waals surface area (Å²) in [5, 5.41) is 0. The van der Waals surface area contributed by atoms with Crippen LogP contribution in [0.4, 0.5) is 0 Å². The van der Waals surface area contributed by atoms with Gasteiger partial charge in [-0.1, -0.05) is 251 Å². The lowest BCUT2D eigenvalue weighted by Crippen LogP contribution is -1.82. The Balaban J connectivity index is 0.000000357. The summed E-state index contributed by atoms with van der Waals surface area (Å²) in [6, 6.07) is 0. The summed E-state index contributed by atoms with van der Waals surface area (Å²) in [7, 11) is 0. The van der Waals surface area contributed by atoms with Crippen molar-refractivity contribution < 1.29 is 0 Å². The first-order chi connectivity index (χ1) is 29.0. The molecule has 332 valence electrons. The molecule has 0 amide bonds. The standard InChI is InChI=1S/4C12H22.2C5H6/c4*1-2-4-6-8-10-12-11-9-7-5-3-1;2*1-2-4-5-3-1/h4*1-2H,3-12H2;2*1-4H,5H2. The van der Waals surface area contributed by atoms with Crippen molar-refractivity contribution >= 4 is 0 Å². The highest BCUT2D eigenvalue weighted by atomic mass is 14.0. The zero-order valence-electron chi connectivity index (χ0n) is 38.9. The second-order valence-corrected chi connectivity index (χ2v) is 17.7. The van der Waals surface area contributed by atoms with Crippen LogP contribution in [0.5, 0.6) is 0 Å². The average Bonchev–Trinajstić information content (AvgIpc) is 4.01. The van der Waals surface area contributed by atoms with Crippen molar-refractivity contribution in [2.75, 3.05) is 0 Å². The summed E-state index contributed by atoms with van der Waals surface area (Å²) in [4.78, 5) is 0. The molecule has 0 atom stereocenters. The van der Waals surface area contributed by atoms with E-state index in [1.807, 2.05) is 0 Å². The molecule has 0 aromatic heterocycles. The molecule has 58 heavy (non-hydrogen) atoms. The van der Waals surface area contributed by atoms with Gasteiger partial charge in [0.2, 0.25) is 0 Å². The van der Waals surface area contributed by atoms with Crippen molar-refractivity contribution in [1.82, 2.24) is 0 Å². The molecule has 0 nitrogen and oxygen atoms in total. The van der Waals surface area contributed by atoms with E-state index in [0.717, 1.165) is 12.8 Å². The van der Waals surface area contributed by atoms with Crippen molar-refractivity contribution in [3.8, 4) is 0 Å². The molecule has 0 spiro atoms. The Kier molecular flexibility index (Phi) is 47.5. The molecular formula is C58H100. The topological polar surface area (TPSA) is 0 Å². The smallest absolute Gasteiger partial charge is 0.0163 e. The van der Waals surface area contributed by atoms with E-state index in [0.29, 0.717) is 0 Å². The van der Waals surface area contributed by atoms with Gasteiger partial charge in [-0.05, 0) is 116 Å². The van der Waals surface area contributed by atoms with Crippen LogP contribution in [-0.2, 0) is 0 Å². The number of allylic oxidation sites excluding steroid dienone is 16. The van der Waals surface area contributed by atoms with Crippen LogP contribution in [0, 0.1) is 0 Å². The lowest BCUT2D eigenvalue weighted by molar-refractivity contribution is 0.566. The molecule has 0 radical (unpaired) electrons. The fourth-order valence-corrected chi connectivity index (χ4v) is 8.07. The van der Waals surface area contributed by atoms with Crippen molar-refractivity contribution in [2.24, 2.45) is 0 Å². The summed E-state index contributed by atoms with van der Waals surface area (Å²) in [5.74, 6) is 0. The Morgan fingerprint density at radius 3 is 0.345 bits per heavy atom. The third-order valence-corrected chi connectivity index (χ3v) is 11.9. The number of hydrogen-bond acceptors (Lipinski definition) is 0. The molecule has 0 saturated heterocycles. The first kappa shape index (κ1) is 53.9. The molecule has 0 aliphatic heterocycles. The maximum atomic E-state index is 2.38. The van der Waals surface area contributed by atoms with Gasteiger partial charge in [0.1, 0.15) is 0 Å². The molecule has 0 bridgehead atoms. The van der Waals surface area contributed by atoms with E-state index in [4.69, 9.17) is 0 Å². The van der Waals surface area contributed by atoms with Gasteiger partial charge in [0.05, 0.1) is 0 Å². The second kappa shape index (κ2) is 51.1. The largest absolute Gasteiger partial charge is 0.0885 e. The minimum atomic E-state index is 1.14. The van der Waals surface area contributed by atoms with Crippen LogP contribution in [0.2, 0.25) is 0 Å². The molecule has 0 saturated carbocycles. The van der Waals surface area contributed by atoms with Gasteiger partial charge in [-0.3, -0.25) is 0 Å². The lowest BCUT2D eigenvalue weighted by atomic mass is 10.0. The van der Waals surface area contributed by atoms with E-state index < -0.39 is 0 Å². The molecule has 6 aliphatic rings. The highest BCUT2D eigenvalue weighted by Crippen LogP contribution is 2.16. The Morgan fingerprint density at radius 2 is 0.241 bits per heavy atom. The van der Waals surface area contributed by atoms with Gasteiger partial charge < -0.3 is 0 Å². The van der Waals surface area contributed by atoms with Crippen molar-refractivity contribution in [1.29, 1.82) is 0 Å². The second-order valence-electron chi connectivity index (χ2n) is 17.7. The van der Waals surface area contributed by atoms with Crippen LogP contribution in [0.1, 0.15) is 270 Å². The van der Waals surface area contributed by atoms with E-state index in [1.165, 1.54) is 257 Å². The van der Waals surface area contributed by atoms with Gasteiger partial charge in [-0.25, -0.2) is 0 Å². The van der Waals surface area contributed by atoms with E-state index >= 15 is 0 Å². The third-order valence-electron chi connectivity index (χ3n) is 11.9. The maximum Gasteiger partial charge on any atom is -0.0163 e. The van der Waals surface area contributed by atoms with Gasteiger partial charge in [0.15, 0.2) is 0 Å². The minimum absolute atomic E-state index is 1.14. The molecule has 0 N–H and O–H groups in total. The molecule has 0 aromatic carbocycles. The maximum absolute atomic E-state index is 2.38. The van der Waals surface area contributed by atoms with E-state index in [1.54, 1.807) is 0 Å². The monoisotopic (exact) mass is 797 g/mol. The lowest BCUT2D eigenvalue weighted by Gasteiger charge is -2.02. The predicted molar refractivity (Wildman–Crippen MR) is 267 cm³/mol. The quantitative estimate of drug-likeness (QED) is 0.214. The minimum Gasteiger partial charge on any atom is -0.0885 e. The van der Waals surface area contributed by atoms with Crippen molar-refractivity contribution in [3.05, 3.63) is 97.2 Å². The molecule has 0 fully saturated rings. The zero-order valence-corrected chi connectivity index (χ0v) is 38.9. The normalized spacial score (nSPS) is 21.8. The van der Waals surface area contributed by atoms with Crippen LogP contribution in [0.3, 0.4) is 0 Å². The Morgan fingerprint density at radius 1 is 0.121 bits per heavy atom. The van der Waals surface area contributed by atoms with Gasteiger partial charge in [0.25, 0.3) is 0 Å². The summed E-state index contributed by atoms with van der Waals surface area (Å²) in [6.45, 7) is 0. The van der Waals surface area contributed by atoms with Crippen molar-refractivity contribution in [2.45, 2.75) is 270 Å². The fourth-order valence-electron chi connectivity index (χ4n) is 8.07. The molecule has 6 rings (SSSR count). The van der Waals surface area contributed by atoms with E-state index in [9.17, 15) is 0 Å². The van der Waals surface area contributed by atoms with Crippen LogP contribution in [0.15, 0.2) is 97.2 Å². The van der Waals surface area contributed by atoms with E-state index in [2.05, 4.69) is 97.2 Å². The van der Waals surface area contributed by atoms with Crippen LogP contribution in [-0.4, -0.2) is 0 Å². The summed E-state index contributed by atoms with van der Waals surface area (Å²) in [5.41, 5.74) is 0. The summed E-state index contributed by atoms with van der Waals surface area (Å²) >= 11 is 0. The summed E-state index contributed by atoms with van der Waals surface area (Å²) < 4.78 is 0. The SMILES string of the molecule is C1=CCC=C1.C1=CCC=C1.C1=CCCCCCCCCCC1.C1=CCCCCCCCCCC1.C1=CCCCCCCCCCC1.C1=CCCCCCCCCCC1. The number of rotatable bonds is 0. The Hall–Kier alpha value is -2.08. The van der Waals surface area contributed by atoms with Crippen molar-refractivity contribution in [3.63, 3.8) is 0 Å². The summed E-state index contributed by atoms with van der Waals surface area (Å²) in [6.07, 6.45) is 95.0. The average molecular weight is 797 g/mol. The highest BCUT2D eigenvalue weighted by molar-refractivity contribution is 5.12. The molecule has 0 aromatic rings. The third kappa shape index (κ3) is 48.3. The molecule has 0 unspecified atom stereocenters. The Labute approximate surface area is 365 Å². The van der Waals surface area contributed by atoms with Crippen LogP contribution in [0.25, 0.3) is 0 Å². The Bertz CT molecular complexity index is 793. The van der Waals surface area contributed by atoms with Gasteiger partial charge in [0, 0.05) is 0 Å². The molecule has 6 aliphatic carbocycles. The van der Waals surface area contributed by atoms with E-state index in [-0.39, 0.29) is 0 Å². The molecule has 0 heterocycles.